The van der Waals surface area contributed by atoms with Crippen LogP contribution in [0.5, 0.6) is 0 Å². The number of primary amides is 2. The van der Waals surface area contributed by atoms with Gasteiger partial charge in [0.05, 0.1) is 33.0 Å². The Kier molecular flexibility index (Phi) is 44.3. The first-order valence-corrected chi connectivity index (χ1v) is 44.8. The molecule has 5 aliphatic heterocycles. The van der Waals surface area contributed by atoms with Crippen molar-refractivity contribution in [3.63, 3.8) is 0 Å². The van der Waals surface area contributed by atoms with Gasteiger partial charge in [-0.3, -0.25) is 76.2 Å². The number of ketones is 1. The van der Waals surface area contributed by atoms with E-state index in [2.05, 4.69) is 75.4 Å². The lowest BCUT2D eigenvalue weighted by Crippen LogP contribution is -2.72. The van der Waals surface area contributed by atoms with Crippen LogP contribution in [0.25, 0.3) is 0 Å². The highest BCUT2D eigenvalue weighted by atomic mass is 31.2. The number of nitrogens with one attached hydrogen (secondary N) is 3. The van der Waals surface area contributed by atoms with Gasteiger partial charge < -0.3 is 142 Å². The minimum Gasteiger partial charge on any atom is -0.510 e. The summed E-state index contributed by atoms with van der Waals surface area (Å²) in [7, 11) is -5.00. The summed E-state index contributed by atoms with van der Waals surface area (Å²) < 4.78 is 150. The number of esters is 10. The first-order valence-electron chi connectivity index (χ1n) is 43.3. The number of carbonyl (C=O) groups is 16. The van der Waals surface area contributed by atoms with Gasteiger partial charge in [0.1, 0.15) is 60.7 Å². The molecule has 1 aliphatic carbocycles. The summed E-state index contributed by atoms with van der Waals surface area (Å²) in [6.45, 7) is 23.8. The smallest absolute Gasteiger partial charge is 0.474 e. The molecule has 5 heterocycles. The van der Waals surface area contributed by atoms with E-state index in [-0.39, 0.29) is 24.9 Å². The van der Waals surface area contributed by atoms with Crippen LogP contribution in [0, 0.1) is 5.41 Å². The lowest BCUT2D eigenvalue weighted by Gasteiger charge is -2.51. The van der Waals surface area contributed by atoms with Crippen LogP contribution in [0.2, 0.25) is 0 Å². The van der Waals surface area contributed by atoms with Crippen LogP contribution in [-0.4, -0.2) is 303 Å². The van der Waals surface area contributed by atoms with Crippen molar-refractivity contribution < 1.29 is 205 Å². The molecule has 762 valence electrons. The van der Waals surface area contributed by atoms with Gasteiger partial charge in [-0.2, -0.15) is 0 Å². The zero-order valence-corrected chi connectivity index (χ0v) is 80.0. The molecule has 5 fully saturated rings. The van der Waals surface area contributed by atoms with E-state index in [1.165, 1.54) is 18.1 Å². The van der Waals surface area contributed by atoms with E-state index in [0.29, 0.717) is 12.8 Å². The predicted octanol–water partition coefficient (Wildman–Crippen LogP) is 2.81. The Labute approximate surface area is 783 Å². The van der Waals surface area contributed by atoms with Crippen molar-refractivity contribution in [2.45, 2.75) is 342 Å². The predicted molar refractivity (Wildman–Crippen MR) is 457 cm³/mol. The fraction of sp³-hybridized carbons (Fsp3) is 0.678. The highest BCUT2D eigenvalue weighted by Crippen LogP contribution is 2.49. The highest BCUT2D eigenvalue weighted by molar-refractivity contribution is 7.47. The van der Waals surface area contributed by atoms with Crippen molar-refractivity contribution in [1.82, 2.24) is 16.0 Å². The number of nitrogens with two attached hydrogens (primary N) is 2. The number of hydrogen-bond donors (Lipinski definition) is 8. The van der Waals surface area contributed by atoms with Gasteiger partial charge in [-0.15, -0.1) is 0 Å². The monoisotopic (exact) mass is 1960 g/mol. The average Bonchev–Trinajstić information content (AvgIpc) is 1.53. The number of aliphatic hydroxyl groups excluding tert-OH is 2. The number of phosphoric ester groups is 1. The first-order chi connectivity index (χ1) is 63.6. The van der Waals surface area contributed by atoms with E-state index in [0.717, 1.165) is 127 Å². The summed E-state index contributed by atoms with van der Waals surface area (Å²) in [5, 5.41) is 29.8. The molecule has 1 unspecified atom stereocenters. The van der Waals surface area contributed by atoms with Crippen LogP contribution in [0.1, 0.15) is 182 Å². The second kappa shape index (κ2) is 52.8. The van der Waals surface area contributed by atoms with E-state index in [1.54, 1.807) is 13.0 Å². The Hall–Kier alpha value is -10.6. The van der Waals surface area contributed by atoms with Gasteiger partial charge in [-0.05, 0) is 85.0 Å². The molecule has 5 amide bonds. The van der Waals surface area contributed by atoms with Crippen LogP contribution in [0.4, 0.5) is 4.79 Å². The van der Waals surface area contributed by atoms with E-state index in [9.17, 15) is 96.4 Å². The Bertz CT molecular complexity index is 4500. The molecule has 5 saturated heterocycles. The van der Waals surface area contributed by atoms with Crippen molar-refractivity contribution in [1.29, 1.82) is 0 Å². The summed E-state index contributed by atoms with van der Waals surface area (Å²) in [4.78, 5) is 226. The van der Waals surface area contributed by atoms with Crippen molar-refractivity contribution in [3.8, 4) is 0 Å². The second-order valence-corrected chi connectivity index (χ2v) is 35.1. The molecule has 0 radical (unpaired) electrons. The zero-order valence-electron chi connectivity index (χ0n) is 79.1. The van der Waals surface area contributed by atoms with Gasteiger partial charge in [0, 0.05) is 89.0 Å². The number of ether oxygens (including phenoxy) is 21. The topological polar surface area (TPSA) is 651 Å². The molecular weight excluding hydrogens is 1830 g/mol. The number of Topliss-reactive ketones (excluding diaryl/α,β-unsaturated/α-hetero) is 1. The maximum atomic E-state index is 14.6. The lowest BCUT2D eigenvalue weighted by atomic mass is 9.85. The van der Waals surface area contributed by atoms with E-state index >= 15 is 0 Å². The Morgan fingerprint density at radius 3 is 1.55 bits per heavy atom. The highest BCUT2D eigenvalue weighted by Gasteiger charge is 2.63. The third kappa shape index (κ3) is 35.5. The largest absolute Gasteiger partial charge is 0.510 e. The van der Waals surface area contributed by atoms with E-state index < -0.39 is 294 Å². The Morgan fingerprint density at radius 1 is 0.537 bits per heavy atom. The number of phosphoric acid groups is 1. The molecule has 0 spiro atoms. The van der Waals surface area contributed by atoms with Gasteiger partial charge in [-0.25, -0.2) is 14.2 Å². The normalized spacial score (nSPS) is 29.8. The lowest BCUT2D eigenvalue weighted by molar-refractivity contribution is -0.371. The molecule has 136 heavy (non-hydrogen) atoms. The molecule has 6 aliphatic rings. The summed E-state index contributed by atoms with van der Waals surface area (Å²) in [5.74, 6) is -18.0. The molecule has 6 rings (SSSR count). The maximum Gasteiger partial charge on any atom is 0.474 e. The molecule has 49 heteroatoms. The molecule has 0 bridgehead atoms. The molecule has 0 aromatic carbocycles. The third-order valence-corrected chi connectivity index (χ3v) is 22.1. The number of hydrogen-bond acceptors (Lipinski definition) is 42. The number of amides is 5. The quantitative estimate of drug-likeness (QED) is 0.0188. The van der Waals surface area contributed by atoms with Crippen molar-refractivity contribution in [3.05, 3.63) is 70.7 Å². The fourth-order valence-corrected chi connectivity index (χ4v) is 15.9. The minimum atomic E-state index is -5.96. The molecule has 0 aromatic rings. The zero-order chi connectivity index (χ0) is 102. The number of carbonyl (C=O) groups excluding carboxylic acids is 16. The summed E-state index contributed by atoms with van der Waals surface area (Å²) in [6, 6.07) is -4.31. The number of allylic oxidation sites excluding steroid dienone is 10. The van der Waals surface area contributed by atoms with Gasteiger partial charge in [0.2, 0.25) is 17.7 Å². The van der Waals surface area contributed by atoms with Crippen LogP contribution in [0.3, 0.4) is 0 Å². The van der Waals surface area contributed by atoms with Crippen LogP contribution < -0.4 is 27.4 Å². The fourth-order valence-electron chi connectivity index (χ4n) is 15.1. The van der Waals surface area contributed by atoms with Gasteiger partial charge in [-0.1, -0.05) is 73.1 Å². The summed E-state index contributed by atoms with van der Waals surface area (Å²) in [5.41, 5.74) is 15.0. The van der Waals surface area contributed by atoms with E-state index in [1.807, 2.05) is 6.08 Å². The van der Waals surface area contributed by atoms with Gasteiger partial charge in [0.25, 0.3) is 5.91 Å². The Balaban J connectivity index is 1.48. The SMILES string of the molecule is C=C(C/C=C(\C)CCC=C(C)C)CCC(C)(C)/C=C/CC/C(C)=C\CO[C@H](COP(=O)(O)O[C@H]1O[C@H](C(N)=O)[C@@H](O)[C@H](OC(N)=O)[C@H]1O[C@@H]1O[C@H](CO[C@@H]2O[C@H](COC(C)=O)[C@@H](OC(C)=O)[C@H](OC(C)=O)[C@H]2OC(C)=O)[C@@H](O[C@@H]2O[C@H](C)[C@@H](O[C@@H]3O[C@H](C(=O)NC4=C(O)CCC4=O)[C@H](OC(C)=O)[C@H](OC(C)=O)[C@H]3OC(C)=O)[C@H](OC(C)=O)[C@H]2NC(C)=O)[C@H](OC(C)=O)[C@H]1NC(C)=O)C(=O)OC. The standard InChI is InChI=1S/C87H126N5O43P/c1-39(2)24-23-26-40(3)27-28-42(5)31-34-87(18,19)33-22-21-25-41(4)32-35-114-59(80(109)113-20)38-117-136(111,112)135-85-75(69(134-86(89)110)63(106)70(131-85)78(88)107)133-82-62(91-45(8)94)68(121-49(12)98)65(58(127-82)37-116-83-76(125-53(16)102)71(122-50(13)99)66(119-47(10)96)57(128-83)36-115-46(9)95)130-81-61(90-44(7)93)67(120-48(11)97)64(43(6)118-81)129-84-77(126-54(17)103)73(124-52(15)101)72(123-51(14)100)74(132-84)79(108)92-60-55(104)29-30-56(60)105/h22,24,27,32-33,43,57-59,61-77,81-85,104,106H,5,21,23,25-26,28-31,34-38H2,1-4,6-20H3,(H2,88,107)(H2,89,110)(H,90,93)(H,91,94)(H,92,108)(H,111,112)/b33-22+,40-27+,41-32-/t43-,57-,58-,59-,61-,62-,63+,64-,65-,66-,67-,68-,69+,70+,71+,72-,73+,74+,75-,76-,77-,81+,82+,83-,84-,85-/m1/s1. The van der Waals surface area contributed by atoms with E-state index in [4.69, 9.17) is 120 Å². The molecular formula is C87H126N5O43P. The summed E-state index contributed by atoms with van der Waals surface area (Å²) in [6.07, 6.45) is -39.8. The van der Waals surface area contributed by atoms with Gasteiger partial charge in [0.15, 0.2) is 117 Å². The molecule has 48 nitrogen and oxygen atoms in total. The number of rotatable bonds is 46. The van der Waals surface area contributed by atoms with Crippen LogP contribution in [0.15, 0.2) is 70.7 Å². The van der Waals surface area contributed by atoms with Crippen molar-refractivity contribution in [2.75, 3.05) is 33.5 Å². The molecule has 0 saturated carbocycles. The molecule has 10 N–H and O–H groups in total. The molecule has 0 aromatic heterocycles. The van der Waals surface area contributed by atoms with Gasteiger partial charge >= 0.3 is 73.6 Å². The van der Waals surface area contributed by atoms with Crippen molar-refractivity contribution >= 4 is 103 Å². The van der Waals surface area contributed by atoms with Crippen LogP contribution >= 0.6 is 7.82 Å². The number of aliphatic hydroxyl groups is 2. The number of methoxy groups -OCH3 is 1. The average molecular weight is 1960 g/mol. The first kappa shape index (κ1) is 114. The maximum absolute atomic E-state index is 14.6. The molecule has 27 atom stereocenters. The second-order valence-electron chi connectivity index (χ2n) is 33.7. The van der Waals surface area contributed by atoms with Crippen molar-refractivity contribution in [2.24, 2.45) is 16.9 Å². The minimum absolute atomic E-state index is 0.176. The third-order valence-electron chi connectivity index (χ3n) is 21.2. The summed E-state index contributed by atoms with van der Waals surface area (Å²) >= 11 is 0. The Morgan fingerprint density at radius 2 is 1.02 bits per heavy atom. The van der Waals surface area contributed by atoms with Crippen LogP contribution in [-0.2, 0) is 185 Å².